The van der Waals surface area contributed by atoms with Crippen LogP contribution in [-0.4, -0.2) is 11.6 Å². The van der Waals surface area contributed by atoms with Crippen LogP contribution >= 0.6 is 11.3 Å². The minimum absolute atomic E-state index is 0.518. The first-order chi connectivity index (χ1) is 7.79. The second kappa shape index (κ2) is 4.85. The summed E-state index contributed by atoms with van der Waals surface area (Å²) in [6.07, 6.45) is 1.57. The lowest BCUT2D eigenvalue weighted by molar-refractivity contribution is 0.321. The van der Waals surface area contributed by atoms with Gasteiger partial charge in [-0.1, -0.05) is 23.5 Å². The lowest BCUT2D eigenvalue weighted by atomic mass is 10.3. The molecule has 0 amide bonds. The van der Waals surface area contributed by atoms with Crippen LogP contribution in [-0.2, 0) is 0 Å². The monoisotopic (exact) mass is 236 g/mol. The molecule has 0 spiro atoms. The highest BCUT2D eigenvalue weighted by atomic mass is 32.1. The van der Waals surface area contributed by atoms with Gasteiger partial charge in [0.1, 0.15) is 5.00 Å². The first-order valence-electron chi connectivity index (χ1n) is 4.90. The number of benzene rings is 1. The molecule has 1 aromatic carbocycles. The van der Waals surface area contributed by atoms with Crippen LogP contribution in [0.1, 0.15) is 6.92 Å². The summed E-state index contributed by atoms with van der Waals surface area (Å²) < 4.78 is 11.0. The van der Waals surface area contributed by atoms with Gasteiger partial charge in [0, 0.05) is 0 Å². The molecule has 1 heterocycles. The van der Waals surface area contributed by atoms with E-state index in [2.05, 4.69) is 4.98 Å². The van der Waals surface area contributed by atoms with Gasteiger partial charge >= 0.3 is 0 Å². The molecule has 2 aromatic rings. The number of ether oxygens (including phenoxy) is 2. The van der Waals surface area contributed by atoms with Gasteiger partial charge in [0.05, 0.1) is 12.8 Å². The van der Waals surface area contributed by atoms with Gasteiger partial charge in [-0.25, -0.2) is 4.98 Å². The SMILES string of the molecule is CCOc1ccccc1Oc1ncc(N)s1. The zero-order valence-corrected chi connectivity index (χ0v) is 9.66. The van der Waals surface area contributed by atoms with E-state index >= 15 is 0 Å². The van der Waals surface area contributed by atoms with Crippen molar-refractivity contribution in [3.8, 4) is 16.7 Å². The number of hydrogen-bond donors (Lipinski definition) is 1. The number of para-hydroxylation sites is 2. The summed E-state index contributed by atoms with van der Waals surface area (Å²) in [5, 5.41) is 1.15. The zero-order chi connectivity index (χ0) is 11.4. The number of nitrogen functional groups attached to an aromatic ring is 1. The third kappa shape index (κ3) is 2.43. The van der Waals surface area contributed by atoms with Crippen molar-refractivity contribution in [2.45, 2.75) is 6.92 Å². The van der Waals surface area contributed by atoms with Crippen molar-refractivity contribution in [3.05, 3.63) is 30.5 Å². The molecular formula is C11H12N2O2S. The second-order valence-corrected chi connectivity index (χ2v) is 4.04. The molecule has 0 aliphatic carbocycles. The normalized spacial score (nSPS) is 10.1. The number of thiazole rings is 1. The predicted molar refractivity (Wildman–Crippen MR) is 64.2 cm³/mol. The molecule has 16 heavy (non-hydrogen) atoms. The second-order valence-electron chi connectivity index (χ2n) is 3.01. The Morgan fingerprint density at radius 3 is 2.69 bits per heavy atom. The Kier molecular flexibility index (Phi) is 3.26. The van der Waals surface area contributed by atoms with E-state index in [0.717, 1.165) is 0 Å². The van der Waals surface area contributed by atoms with Crippen LogP contribution in [0.2, 0.25) is 0 Å². The van der Waals surface area contributed by atoms with Crippen LogP contribution in [0.25, 0.3) is 0 Å². The maximum absolute atomic E-state index is 5.59. The Bertz CT molecular complexity index is 471. The fourth-order valence-electron chi connectivity index (χ4n) is 1.22. The smallest absolute Gasteiger partial charge is 0.280 e. The quantitative estimate of drug-likeness (QED) is 0.886. The maximum atomic E-state index is 5.59. The minimum atomic E-state index is 0.518. The van der Waals surface area contributed by atoms with E-state index in [1.165, 1.54) is 11.3 Å². The number of anilines is 1. The van der Waals surface area contributed by atoms with Crippen molar-refractivity contribution in [1.29, 1.82) is 0 Å². The molecule has 0 aliphatic rings. The lowest BCUT2D eigenvalue weighted by Crippen LogP contribution is -1.94. The lowest BCUT2D eigenvalue weighted by Gasteiger charge is -2.08. The average molecular weight is 236 g/mol. The van der Waals surface area contributed by atoms with Crippen LogP contribution in [0.4, 0.5) is 5.00 Å². The minimum Gasteiger partial charge on any atom is -0.490 e. The molecule has 0 bridgehead atoms. The summed E-state index contributed by atoms with van der Waals surface area (Å²) in [4.78, 5) is 4.03. The molecule has 0 radical (unpaired) electrons. The van der Waals surface area contributed by atoms with E-state index in [1.54, 1.807) is 6.20 Å². The van der Waals surface area contributed by atoms with E-state index in [9.17, 15) is 0 Å². The van der Waals surface area contributed by atoms with Crippen LogP contribution in [0.15, 0.2) is 30.5 Å². The maximum Gasteiger partial charge on any atom is 0.280 e. The van der Waals surface area contributed by atoms with Crippen LogP contribution in [0.3, 0.4) is 0 Å². The van der Waals surface area contributed by atoms with Gasteiger partial charge < -0.3 is 15.2 Å². The Morgan fingerprint density at radius 1 is 1.31 bits per heavy atom. The van der Waals surface area contributed by atoms with Gasteiger partial charge in [0.25, 0.3) is 5.19 Å². The summed E-state index contributed by atoms with van der Waals surface area (Å²) in [6, 6.07) is 7.47. The molecule has 4 nitrogen and oxygen atoms in total. The van der Waals surface area contributed by atoms with Crippen molar-refractivity contribution >= 4 is 16.3 Å². The summed E-state index contributed by atoms with van der Waals surface area (Å²) in [6.45, 7) is 2.53. The number of nitrogens with zero attached hydrogens (tertiary/aromatic N) is 1. The third-order valence-electron chi connectivity index (χ3n) is 1.85. The Labute approximate surface area is 97.6 Å². The summed E-state index contributed by atoms with van der Waals surface area (Å²) >= 11 is 1.30. The van der Waals surface area contributed by atoms with Gasteiger partial charge in [-0.2, -0.15) is 0 Å². The van der Waals surface area contributed by atoms with E-state index in [-0.39, 0.29) is 0 Å². The van der Waals surface area contributed by atoms with E-state index < -0.39 is 0 Å². The molecule has 0 saturated heterocycles. The summed E-state index contributed by atoms with van der Waals surface area (Å²) in [5.41, 5.74) is 5.57. The van der Waals surface area contributed by atoms with Crippen LogP contribution < -0.4 is 15.2 Å². The zero-order valence-electron chi connectivity index (χ0n) is 8.84. The van der Waals surface area contributed by atoms with Crippen LogP contribution in [0, 0.1) is 0 Å². The van der Waals surface area contributed by atoms with Crippen molar-refractivity contribution < 1.29 is 9.47 Å². The molecule has 84 valence electrons. The molecule has 1 aromatic heterocycles. The van der Waals surface area contributed by atoms with Gasteiger partial charge in [0.15, 0.2) is 11.5 Å². The van der Waals surface area contributed by atoms with Crippen LogP contribution in [0.5, 0.6) is 16.7 Å². The molecule has 0 fully saturated rings. The summed E-state index contributed by atoms with van der Waals surface area (Å²) in [7, 11) is 0. The van der Waals surface area contributed by atoms with Gasteiger partial charge in [-0.15, -0.1) is 0 Å². The Morgan fingerprint density at radius 2 is 2.06 bits per heavy atom. The Balaban J connectivity index is 2.20. The molecule has 0 aliphatic heterocycles. The van der Waals surface area contributed by atoms with Gasteiger partial charge in [-0.3, -0.25) is 0 Å². The first kappa shape index (κ1) is 10.8. The molecule has 5 heteroatoms. The summed E-state index contributed by atoms with van der Waals surface area (Å²) in [5.74, 6) is 1.36. The predicted octanol–water partition coefficient (Wildman–Crippen LogP) is 2.92. The fourth-order valence-corrected chi connectivity index (χ4v) is 1.76. The number of rotatable bonds is 4. The van der Waals surface area contributed by atoms with Crippen molar-refractivity contribution in [1.82, 2.24) is 4.98 Å². The number of aromatic nitrogens is 1. The first-order valence-corrected chi connectivity index (χ1v) is 5.72. The van der Waals surface area contributed by atoms with Gasteiger partial charge in [0.2, 0.25) is 0 Å². The van der Waals surface area contributed by atoms with Crippen molar-refractivity contribution in [2.75, 3.05) is 12.3 Å². The highest BCUT2D eigenvalue weighted by Crippen LogP contribution is 2.33. The molecule has 0 unspecified atom stereocenters. The highest BCUT2D eigenvalue weighted by molar-refractivity contribution is 7.17. The van der Waals surface area contributed by atoms with E-state index in [1.807, 2.05) is 31.2 Å². The van der Waals surface area contributed by atoms with E-state index in [4.69, 9.17) is 15.2 Å². The topological polar surface area (TPSA) is 57.4 Å². The van der Waals surface area contributed by atoms with Crippen molar-refractivity contribution in [3.63, 3.8) is 0 Å². The molecular weight excluding hydrogens is 224 g/mol. The fraction of sp³-hybridized carbons (Fsp3) is 0.182. The molecule has 2 rings (SSSR count). The highest BCUT2D eigenvalue weighted by Gasteiger charge is 2.07. The standard InChI is InChI=1S/C11H12N2O2S/c1-2-14-8-5-3-4-6-9(8)15-11-13-7-10(12)16-11/h3-7H,2,12H2,1H3. The number of nitrogens with two attached hydrogens (primary N) is 1. The molecule has 2 N–H and O–H groups in total. The molecule has 0 saturated carbocycles. The largest absolute Gasteiger partial charge is 0.490 e. The third-order valence-corrected chi connectivity index (χ3v) is 2.55. The van der Waals surface area contributed by atoms with Gasteiger partial charge in [-0.05, 0) is 19.1 Å². The average Bonchev–Trinajstić information content (AvgIpc) is 2.67. The number of hydrogen-bond acceptors (Lipinski definition) is 5. The van der Waals surface area contributed by atoms with E-state index in [0.29, 0.717) is 28.3 Å². The Hall–Kier alpha value is -1.75. The molecule has 0 atom stereocenters. The van der Waals surface area contributed by atoms with Crippen molar-refractivity contribution in [2.24, 2.45) is 0 Å².